The first-order valence-corrected chi connectivity index (χ1v) is 6.77. The number of anilines is 1. The van der Waals surface area contributed by atoms with Crippen molar-refractivity contribution in [1.29, 1.82) is 0 Å². The predicted octanol–water partition coefficient (Wildman–Crippen LogP) is 3.34. The molecule has 92 valence electrons. The molecule has 0 fully saturated rings. The molecular weight excluding hydrogens is 280 g/mol. The summed E-state index contributed by atoms with van der Waals surface area (Å²) in [6.07, 6.45) is 7.98. The number of nitrogens with zero attached hydrogens (tertiary/aromatic N) is 3. The second kappa shape index (κ2) is 5.49. The summed E-state index contributed by atoms with van der Waals surface area (Å²) in [6.45, 7) is 5.38. The summed E-state index contributed by atoms with van der Waals surface area (Å²) in [7, 11) is 0. The SMILES string of the molecule is CCC(CC)CNc1nc(Br)cn2ccnc12. The Morgan fingerprint density at radius 3 is 2.88 bits per heavy atom. The van der Waals surface area contributed by atoms with Crippen LogP contribution in [0.15, 0.2) is 23.2 Å². The minimum absolute atomic E-state index is 0.686. The molecule has 4 nitrogen and oxygen atoms in total. The van der Waals surface area contributed by atoms with Gasteiger partial charge >= 0.3 is 0 Å². The van der Waals surface area contributed by atoms with Gasteiger partial charge < -0.3 is 9.72 Å². The van der Waals surface area contributed by atoms with Gasteiger partial charge in [-0.2, -0.15) is 0 Å². The smallest absolute Gasteiger partial charge is 0.180 e. The second-order valence-electron chi connectivity index (χ2n) is 4.13. The minimum atomic E-state index is 0.686. The van der Waals surface area contributed by atoms with Gasteiger partial charge in [-0.3, -0.25) is 0 Å². The fourth-order valence-corrected chi connectivity index (χ4v) is 2.24. The van der Waals surface area contributed by atoms with Gasteiger partial charge in [-0.1, -0.05) is 26.7 Å². The Hall–Kier alpha value is -1.10. The van der Waals surface area contributed by atoms with Crippen LogP contribution < -0.4 is 5.32 Å². The van der Waals surface area contributed by atoms with Crippen LogP contribution in [0.3, 0.4) is 0 Å². The van der Waals surface area contributed by atoms with E-state index in [1.54, 1.807) is 6.20 Å². The van der Waals surface area contributed by atoms with E-state index in [1.165, 1.54) is 12.8 Å². The lowest BCUT2D eigenvalue weighted by atomic mass is 10.0. The van der Waals surface area contributed by atoms with Crippen molar-refractivity contribution in [2.24, 2.45) is 5.92 Å². The number of hydrogen-bond donors (Lipinski definition) is 1. The molecule has 2 aromatic rings. The number of halogens is 1. The minimum Gasteiger partial charge on any atom is -0.367 e. The number of imidazole rings is 1. The molecule has 0 aliphatic rings. The lowest BCUT2D eigenvalue weighted by molar-refractivity contribution is 0.518. The van der Waals surface area contributed by atoms with E-state index in [0.717, 1.165) is 22.6 Å². The highest BCUT2D eigenvalue weighted by atomic mass is 79.9. The third-order valence-electron chi connectivity index (χ3n) is 3.06. The number of aromatic nitrogens is 3. The highest BCUT2D eigenvalue weighted by molar-refractivity contribution is 9.10. The maximum absolute atomic E-state index is 4.44. The van der Waals surface area contributed by atoms with Crippen LogP contribution in [0, 0.1) is 5.92 Å². The molecule has 0 unspecified atom stereocenters. The average molecular weight is 297 g/mol. The fraction of sp³-hybridized carbons (Fsp3) is 0.500. The lowest BCUT2D eigenvalue weighted by Gasteiger charge is -2.14. The van der Waals surface area contributed by atoms with E-state index >= 15 is 0 Å². The van der Waals surface area contributed by atoms with Crippen molar-refractivity contribution in [3.8, 4) is 0 Å². The van der Waals surface area contributed by atoms with E-state index < -0.39 is 0 Å². The van der Waals surface area contributed by atoms with Crippen LogP contribution in [-0.4, -0.2) is 20.9 Å². The Bertz CT molecular complexity index is 490. The van der Waals surface area contributed by atoms with E-state index in [9.17, 15) is 0 Å². The zero-order valence-electron chi connectivity index (χ0n) is 10.2. The summed E-state index contributed by atoms with van der Waals surface area (Å²) < 4.78 is 2.78. The van der Waals surface area contributed by atoms with Gasteiger partial charge in [-0.15, -0.1) is 0 Å². The topological polar surface area (TPSA) is 42.2 Å². The third-order valence-corrected chi connectivity index (χ3v) is 3.44. The second-order valence-corrected chi connectivity index (χ2v) is 4.95. The number of nitrogens with one attached hydrogen (secondary N) is 1. The average Bonchev–Trinajstić information content (AvgIpc) is 2.78. The largest absolute Gasteiger partial charge is 0.367 e. The van der Waals surface area contributed by atoms with Crippen LogP contribution in [0.2, 0.25) is 0 Å². The first-order chi connectivity index (χ1) is 8.24. The molecule has 0 bridgehead atoms. The molecule has 0 radical (unpaired) electrons. The van der Waals surface area contributed by atoms with Gasteiger partial charge in [0.25, 0.3) is 0 Å². The molecule has 17 heavy (non-hydrogen) atoms. The Morgan fingerprint density at radius 1 is 1.41 bits per heavy atom. The van der Waals surface area contributed by atoms with Crippen molar-refractivity contribution in [1.82, 2.24) is 14.4 Å². The maximum atomic E-state index is 4.44. The highest BCUT2D eigenvalue weighted by Crippen LogP contribution is 2.18. The molecule has 0 aromatic carbocycles. The van der Waals surface area contributed by atoms with E-state index in [2.05, 4.69) is 45.1 Å². The van der Waals surface area contributed by atoms with Crippen LogP contribution in [-0.2, 0) is 0 Å². The molecule has 5 heteroatoms. The Kier molecular flexibility index (Phi) is 3.99. The van der Waals surface area contributed by atoms with Crippen molar-refractivity contribution >= 4 is 27.4 Å². The fourth-order valence-electron chi connectivity index (χ4n) is 1.84. The monoisotopic (exact) mass is 296 g/mol. The van der Waals surface area contributed by atoms with Crippen molar-refractivity contribution in [3.05, 3.63) is 23.2 Å². The van der Waals surface area contributed by atoms with Crippen molar-refractivity contribution in [2.75, 3.05) is 11.9 Å². The van der Waals surface area contributed by atoms with Crippen molar-refractivity contribution in [2.45, 2.75) is 26.7 Å². The zero-order valence-corrected chi connectivity index (χ0v) is 11.7. The number of fused-ring (bicyclic) bond motifs is 1. The third kappa shape index (κ3) is 2.77. The summed E-state index contributed by atoms with van der Waals surface area (Å²) in [6, 6.07) is 0. The summed E-state index contributed by atoms with van der Waals surface area (Å²) in [5, 5.41) is 3.39. The van der Waals surface area contributed by atoms with Gasteiger partial charge in [0.15, 0.2) is 11.5 Å². The van der Waals surface area contributed by atoms with Gasteiger partial charge in [0, 0.05) is 25.1 Å². The normalized spacial score (nSPS) is 11.3. The summed E-state index contributed by atoms with van der Waals surface area (Å²) in [5.74, 6) is 1.53. The molecule has 2 heterocycles. The highest BCUT2D eigenvalue weighted by Gasteiger charge is 2.08. The zero-order chi connectivity index (χ0) is 12.3. The molecule has 0 spiro atoms. The molecule has 0 aliphatic heterocycles. The van der Waals surface area contributed by atoms with Gasteiger partial charge in [-0.05, 0) is 21.8 Å². The Morgan fingerprint density at radius 2 is 2.18 bits per heavy atom. The van der Waals surface area contributed by atoms with E-state index in [0.29, 0.717) is 5.92 Å². The van der Waals surface area contributed by atoms with Gasteiger partial charge in [0.05, 0.1) is 0 Å². The summed E-state index contributed by atoms with van der Waals surface area (Å²) >= 11 is 3.41. The molecule has 0 aliphatic carbocycles. The molecule has 0 saturated carbocycles. The lowest BCUT2D eigenvalue weighted by Crippen LogP contribution is -2.14. The molecule has 0 amide bonds. The standard InChI is InChI=1S/C12H17BrN4/c1-3-9(4-2)7-15-11-12-14-5-6-17(12)8-10(13)16-11/h5-6,8-9H,3-4,7H2,1-2H3,(H,15,16). The quantitative estimate of drug-likeness (QED) is 0.920. The van der Waals surface area contributed by atoms with Crippen LogP contribution in [0.5, 0.6) is 0 Å². The summed E-state index contributed by atoms with van der Waals surface area (Å²) in [5.41, 5.74) is 0.874. The van der Waals surface area contributed by atoms with Crippen LogP contribution in [0.25, 0.3) is 5.65 Å². The van der Waals surface area contributed by atoms with Crippen LogP contribution in [0.4, 0.5) is 5.82 Å². The van der Waals surface area contributed by atoms with Gasteiger partial charge in [-0.25, -0.2) is 9.97 Å². The molecular formula is C12H17BrN4. The van der Waals surface area contributed by atoms with Gasteiger partial charge in [0.1, 0.15) is 4.60 Å². The van der Waals surface area contributed by atoms with E-state index in [-0.39, 0.29) is 0 Å². The molecule has 1 N–H and O–H groups in total. The Balaban J connectivity index is 2.20. The van der Waals surface area contributed by atoms with Gasteiger partial charge in [0.2, 0.25) is 0 Å². The maximum Gasteiger partial charge on any atom is 0.180 e. The van der Waals surface area contributed by atoms with Crippen molar-refractivity contribution in [3.63, 3.8) is 0 Å². The molecule has 2 aromatic heterocycles. The first kappa shape index (κ1) is 12.4. The molecule has 0 saturated heterocycles. The number of hydrogen-bond acceptors (Lipinski definition) is 3. The first-order valence-electron chi connectivity index (χ1n) is 5.97. The Labute approximate surface area is 110 Å². The van der Waals surface area contributed by atoms with E-state index in [1.807, 2.05) is 16.8 Å². The summed E-state index contributed by atoms with van der Waals surface area (Å²) in [4.78, 5) is 8.74. The van der Waals surface area contributed by atoms with Crippen LogP contribution in [0.1, 0.15) is 26.7 Å². The molecule has 2 rings (SSSR count). The van der Waals surface area contributed by atoms with Crippen molar-refractivity contribution < 1.29 is 0 Å². The van der Waals surface area contributed by atoms with Crippen LogP contribution >= 0.6 is 15.9 Å². The molecule has 0 atom stereocenters. The van der Waals surface area contributed by atoms with E-state index in [4.69, 9.17) is 0 Å². The number of rotatable bonds is 5. The predicted molar refractivity (Wildman–Crippen MR) is 73.2 cm³/mol.